The highest BCUT2D eigenvalue weighted by Gasteiger charge is 2.31. The lowest BCUT2D eigenvalue weighted by molar-refractivity contribution is -0.887. The monoisotopic (exact) mass is 751 g/mol. The van der Waals surface area contributed by atoms with E-state index in [2.05, 4.69) is 38.2 Å². The van der Waals surface area contributed by atoms with Crippen LogP contribution in [-0.2, 0) is 28.6 Å². The van der Waals surface area contributed by atoms with Crippen LogP contribution in [0.15, 0.2) is 24.3 Å². The first-order valence-electron chi connectivity index (χ1n) is 21.9. The molecule has 0 amide bonds. The molecular weight excluding hydrogens is 666 g/mol. The van der Waals surface area contributed by atoms with Crippen LogP contribution in [0, 0.1) is 0 Å². The van der Waals surface area contributed by atoms with Crippen LogP contribution in [0.4, 0.5) is 0 Å². The second-order valence-electron chi connectivity index (χ2n) is 15.9. The van der Waals surface area contributed by atoms with Gasteiger partial charge in [-0.3, -0.25) is 9.59 Å². The van der Waals surface area contributed by atoms with E-state index in [9.17, 15) is 19.5 Å². The molecule has 0 saturated carbocycles. The molecule has 0 radical (unpaired) electrons. The van der Waals surface area contributed by atoms with E-state index < -0.39 is 18.1 Å². The SMILES string of the molecule is CCCCCCCC/C=C/CCCCCC(=O)OCC(COCCC(C(=O)O)[N+](C)(C)C)OC(=O)CCCCCCC/C=C/CCCCCCCCC. The van der Waals surface area contributed by atoms with Crippen LogP contribution >= 0.6 is 0 Å². The molecular formula is C45H84NO7+. The van der Waals surface area contributed by atoms with Crippen LogP contribution in [0.25, 0.3) is 0 Å². The van der Waals surface area contributed by atoms with Gasteiger partial charge in [0.25, 0.3) is 0 Å². The quantitative estimate of drug-likeness (QED) is 0.0289. The highest BCUT2D eigenvalue weighted by Crippen LogP contribution is 2.14. The first kappa shape index (κ1) is 50.8. The van der Waals surface area contributed by atoms with Crippen molar-refractivity contribution in [3.05, 3.63) is 24.3 Å². The molecule has 0 aliphatic carbocycles. The molecule has 0 fully saturated rings. The smallest absolute Gasteiger partial charge is 0.362 e. The highest BCUT2D eigenvalue weighted by molar-refractivity contribution is 5.72. The van der Waals surface area contributed by atoms with Gasteiger partial charge in [-0.05, 0) is 64.2 Å². The number of hydrogen-bond donors (Lipinski definition) is 1. The average molecular weight is 751 g/mol. The maximum atomic E-state index is 12.7. The van der Waals surface area contributed by atoms with Crippen molar-refractivity contribution < 1.29 is 38.2 Å². The molecule has 0 aliphatic heterocycles. The van der Waals surface area contributed by atoms with Gasteiger partial charge in [0.15, 0.2) is 12.1 Å². The van der Waals surface area contributed by atoms with Crippen LogP contribution < -0.4 is 0 Å². The Morgan fingerprint density at radius 3 is 1.38 bits per heavy atom. The summed E-state index contributed by atoms with van der Waals surface area (Å²) in [5, 5.41) is 9.61. The molecule has 0 bridgehead atoms. The van der Waals surface area contributed by atoms with Gasteiger partial charge in [-0.1, -0.05) is 134 Å². The zero-order valence-corrected chi connectivity index (χ0v) is 35.2. The molecule has 0 heterocycles. The fraction of sp³-hybridized carbons (Fsp3) is 0.844. The Morgan fingerprint density at radius 1 is 0.547 bits per heavy atom. The average Bonchev–Trinajstić information content (AvgIpc) is 3.11. The van der Waals surface area contributed by atoms with Gasteiger partial charge in [0.1, 0.15) is 6.61 Å². The predicted octanol–water partition coefficient (Wildman–Crippen LogP) is 11.7. The fourth-order valence-electron chi connectivity index (χ4n) is 6.37. The number of likely N-dealkylation sites (N-methyl/N-ethyl adjacent to an activating group) is 1. The third kappa shape index (κ3) is 35.3. The van der Waals surface area contributed by atoms with E-state index in [0.29, 0.717) is 19.3 Å². The summed E-state index contributed by atoms with van der Waals surface area (Å²) in [7, 11) is 5.52. The summed E-state index contributed by atoms with van der Waals surface area (Å²) in [5.41, 5.74) is 0. The molecule has 2 unspecified atom stereocenters. The fourth-order valence-corrected chi connectivity index (χ4v) is 6.37. The van der Waals surface area contributed by atoms with Crippen molar-refractivity contribution >= 4 is 17.9 Å². The summed E-state index contributed by atoms with van der Waals surface area (Å²) < 4.78 is 17.2. The number of carboxylic acids is 1. The molecule has 53 heavy (non-hydrogen) atoms. The number of ether oxygens (including phenoxy) is 3. The van der Waals surface area contributed by atoms with E-state index in [4.69, 9.17) is 14.2 Å². The summed E-state index contributed by atoms with van der Waals surface area (Å²) >= 11 is 0. The number of unbranched alkanes of at least 4 members (excludes halogenated alkanes) is 21. The van der Waals surface area contributed by atoms with Crippen molar-refractivity contribution in [3.63, 3.8) is 0 Å². The van der Waals surface area contributed by atoms with E-state index in [1.165, 1.54) is 96.3 Å². The molecule has 0 aromatic heterocycles. The first-order chi connectivity index (χ1) is 25.6. The highest BCUT2D eigenvalue weighted by atomic mass is 16.6. The maximum absolute atomic E-state index is 12.7. The van der Waals surface area contributed by atoms with E-state index in [0.717, 1.165) is 64.2 Å². The van der Waals surface area contributed by atoms with Crippen molar-refractivity contribution in [2.45, 2.75) is 206 Å². The Bertz CT molecular complexity index is 926. The second kappa shape index (κ2) is 36.8. The van der Waals surface area contributed by atoms with Crippen LogP contribution in [0.5, 0.6) is 0 Å². The molecule has 310 valence electrons. The minimum atomic E-state index is -0.877. The van der Waals surface area contributed by atoms with Gasteiger partial charge < -0.3 is 23.8 Å². The molecule has 2 atom stereocenters. The minimum absolute atomic E-state index is 0.0556. The third-order valence-corrected chi connectivity index (χ3v) is 9.82. The standard InChI is InChI=1S/C45H83NO7/c1-6-8-10-12-14-16-18-20-21-22-24-26-28-30-32-34-36-44(48)53-41(39-51-38-37-42(45(49)50)46(3,4)5)40-52-43(47)35-33-31-29-27-25-23-19-17-15-13-11-9-7-2/h21-23,25,41-42H,6-20,24,26-40H2,1-5H3/p+1/b22-21+,25-23+. The zero-order valence-electron chi connectivity index (χ0n) is 35.2. The van der Waals surface area contributed by atoms with E-state index in [1.54, 1.807) is 0 Å². The van der Waals surface area contributed by atoms with Crippen LogP contribution in [0.3, 0.4) is 0 Å². The summed E-state index contributed by atoms with van der Waals surface area (Å²) in [6.45, 7) is 4.71. The predicted molar refractivity (Wildman–Crippen MR) is 220 cm³/mol. The number of rotatable bonds is 39. The van der Waals surface area contributed by atoms with Gasteiger partial charge in [-0.2, -0.15) is 0 Å². The normalized spacial score (nSPS) is 13.2. The van der Waals surface area contributed by atoms with Crippen LogP contribution in [0.1, 0.15) is 194 Å². The number of carbonyl (C=O) groups is 3. The van der Waals surface area contributed by atoms with Crippen molar-refractivity contribution in [2.75, 3.05) is 41.0 Å². The van der Waals surface area contributed by atoms with Gasteiger partial charge >= 0.3 is 17.9 Å². The lowest BCUT2D eigenvalue weighted by Gasteiger charge is -2.31. The first-order valence-corrected chi connectivity index (χ1v) is 21.9. The third-order valence-electron chi connectivity index (χ3n) is 9.82. The van der Waals surface area contributed by atoms with Gasteiger partial charge in [0.05, 0.1) is 34.4 Å². The summed E-state index contributed by atoms with van der Waals surface area (Å²) in [5.74, 6) is -1.49. The molecule has 8 heteroatoms. The Balaban J connectivity index is 4.38. The second-order valence-corrected chi connectivity index (χ2v) is 15.9. The zero-order chi connectivity index (χ0) is 39.3. The Hall–Kier alpha value is -2.19. The van der Waals surface area contributed by atoms with Crippen LogP contribution in [0.2, 0.25) is 0 Å². The van der Waals surface area contributed by atoms with Crippen molar-refractivity contribution in [1.29, 1.82) is 0 Å². The number of nitrogens with zero attached hydrogens (tertiary/aromatic N) is 1. The lowest BCUT2D eigenvalue weighted by Crippen LogP contribution is -2.50. The summed E-state index contributed by atoms with van der Waals surface area (Å²) in [4.78, 5) is 36.9. The van der Waals surface area contributed by atoms with Gasteiger partial charge in [0, 0.05) is 19.3 Å². The van der Waals surface area contributed by atoms with E-state index in [-0.39, 0.29) is 36.2 Å². The molecule has 0 aliphatic rings. The topological polar surface area (TPSA) is 99.1 Å². The number of quaternary nitrogens is 1. The van der Waals surface area contributed by atoms with E-state index in [1.807, 2.05) is 21.1 Å². The number of hydrogen-bond acceptors (Lipinski definition) is 6. The molecule has 0 spiro atoms. The number of esters is 2. The van der Waals surface area contributed by atoms with Gasteiger partial charge in [-0.25, -0.2) is 4.79 Å². The number of carboxylic acid groups (broad SMARTS) is 1. The minimum Gasteiger partial charge on any atom is -0.477 e. The molecule has 1 N–H and O–H groups in total. The largest absolute Gasteiger partial charge is 0.477 e. The van der Waals surface area contributed by atoms with Crippen molar-refractivity contribution in [2.24, 2.45) is 0 Å². The summed E-state index contributed by atoms with van der Waals surface area (Å²) in [6, 6.07) is -0.615. The van der Waals surface area contributed by atoms with Crippen molar-refractivity contribution in [3.8, 4) is 0 Å². The maximum Gasteiger partial charge on any atom is 0.362 e. The number of carbonyl (C=O) groups excluding carboxylic acids is 2. The lowest BCUT2D eigenvalue weighted by atomic mass is 10.1. The number of aliphatic carboxylic acids is 1. The van der Waals surface area contributed by atoms with E-state index >= 15 is 0 Å². The number of allylic oxidation sites excluding steroid dienone is 4. The Labute approximate surface area is 326 Å². The Kier molecular flexibility index (Phi) is 35.2. The van der Waals surface area contributed by atoms with Gasteiger partial charge in [-0.15, -0.1) is 0 Å². The molecule has 8 nitrogen and oxygen atoms in total. The van der Waals surface area contributed by atoms with Gasteiger partial charge in [0.2, 0.25) is 0 Å². The molecule has 0 aromatic carbocycles. The van der Waals surface area contributed by atoms with Crippen molar-refractivity contribution in [1.82, 2.24) is 0 Å². The van der Waals surface area contributed by atoms with Crippen LogP contribution in [-0.4, -0.2) is 80.6 Å². The molecule has 0 aromatic rings. The summed E-state index contributed by atoms with van der Waals surface area (Å²) in [6.07, 6.45) is 39.3. The Morgan fingerprint density at radius 2 is 0.943 bits per heavy atom. The molecule has 0 saturated heterocycles. The molecule has 0 rings (SSSR count).